The molecule has 0 heterocycles. The molecule has 0 aromatic heterocycles. The molecule has 3 rings (SSSR count). The molecular weight excluding hydrogens is 612 g/mol. The zero-order valence-electron chi connectivity index (χ0n) is 20.2. The molecule has 3 aromatic carbocycles. The van der Waals surface area contributed by atoms with E-state index in [2.05, 4.69) is 0 Å². The van der Waals surface area contributed by atoms with E-state index in [1.807, 2.05) is 0 Å². The Morgan fingerprint density at radius 3 is 2.02 bits per heavy atom. The van der Waals surface area contributed by atoms with E-state index in [0.29, 0.717) is 0 Å². The first-order chi connectivity index (χ1) is 18.4. The van der Waals surface area contributed by atoms with Gasteiger partial charge in [0, 0.05) is 5.56 Å². The van der Waals surface area contributed by atoms with E-state index in [9.17, 15) is 35.9 Å². The number of hydrogen-bond donors (Lipinski definition) is 2. The van der Waals surface area contributed by atoms with Gasteiger partial charge in [-0.25, -0.2) is 4.39 Å². The molecule has 3 aromatic rings. The fourth-order valence-corrected chi connectivity index (χ4v) is 4.68. The summed E-state index contributed by atoms with van der Waals surface area (Å²) >= 11 is 17.6. The molecule has 0 aliphatic rings. The smallest absolute Gasteiger partial charge is 0.366 e. The van der Waals surface area contributed by atoms with Crippen LogP contribution in [0.5, 0.6) is 0 Å². The van der Waals surface area contributed by atoms with Crippen molar-refractivity contribution in [2.75, 3.05) is 6.54 Å². The number of allylic oxidation sites excluding steroid dienone is 1. The summed E-state index contributed by atoms with van der Waals surface area (Å²) in [5.41, 5.74) is 3.92. The van der Waals surface area contributed by atoms with Crippen LogP contribution in [0.25, 0.3) is 16.6 Å². The Morgan fingerprint density at radius 2 is 1.52 bits per heavy atom. The standard InChI is InChI=1S/C26H18Cl3F7N2O2/c1-11(24(40)38-10-25(31,32)33)15-8-16(13-4-2-3-5-14(13)21(15)23(37)39)20(30)9-17(26(34,35)36)12-6-18(27)22(29)19(28)7-12/h2-9,11,17H,10H2,1H3,(H2,37,39)(H,38,40)/b20-9-/t11-,17?/m1/s1. The molecule has 0 aliphatic heterocycles. The monoisotopic (exact) mass is 628 g/mol. The van der Waals surface area contributed by atoms with Crippen molar-refractivity contribution in [2.45, 2.75) is 31.1 Å². The number of fused-ring (bicyclic) bond motifs is 1. The zero-order chi connectivity index (χ0) is 30.2. The van der Waals surface area contributed by atoms with Crippen LogP contribution in [0.2, 0.25) is 15.1 Å². The Morgan fingerprint density at radius 1 is 0.975 bits per heavy atom. The van der Waals surface area contributed by atoms with E-state index in [-0.39, 0.29) is 43.0 Å². The van der Waals surface area contributed by atoms with Gasteiger partial charge in [-0.3, -0.25) is 9.59 Å². The van der Waals surface area contributed by atoms with Gasteiger partial charge in [0.2, 0.25) is 11.8 Å². The third kappa shape index (κ3) is 7.00. The van der Waals surface area contributed by atoms with Crippen LogP contribution in [0.15, 0.2) is 48.5 Å². The van der Waals surface area contributed by atoms with Crippen LogP contribution in [-0.2, 0) is 4.79 Å². The molecule has 4 nitrogen and oxygen atoms in total. The molecule has 214 valence electrons. The van der Waals surface area contributed by atoms with E-state index in [4.69, 9.17) is 40.5 Å². The largest absolute Gasteiger partial charge is 0.405 e. The third-order valence-corrected chi connectivity index (χ3v) is 7.13. The van der Waals surface area contributed by atoms with E-state index in [1.165, 1.54) is 24.3 Å². The highest BCUT2D eigenvalue weighted by Crippen LogP contribution is 2.43. The molecule has 2 atom stereocenters. The second kappa shape index (κ2) is 11.8. The summed E-state index contributed by atoms with van der Waals surface area (Å²) < 4.78 is 96.0. The van der Waals surface area contributed by atoms with Crippen LogP contribution >= 0.6 is 34.8 Å². The van der Waals surface area contributed by atoms with Crippen LogP contribution in [0.3, 0.4) is 0 Å². The molecule has 2 amide bonds. The van der Waals surface area contributed by atoms with Gasteiger partial charge in [-0.2, -0.15) is 26.3 Å². The number of hydrogen-bond acceptors (Lipinski definition) is 2. The van der Waals surface area contributed by atoms with Gasteiger partial charge in [0.25, 0.3) is 0 Å². The van der Waals surface area contributed by atoms with Gasteiger partial charge in [0.05, 0.1) is 26.5 Å². The highest BCUT2D eigenvalue weighted by Gasteiger charge is 2.40. The number of nitrogens with two attached hydrogens (primary N) is 1. The van der Waals surface area contributed by atoms with Gasteiger partial charge < -0.3 is 11.1 Å². The van der Waals surface area contributed by atoms with Crippen LogP contribution in [0.1, 0.15) is 45.8 Å². The highest BCUT2D eigenvalue weighted by atomic mass is 35.5. The third-order valence-electron chi connectivity index (χ3n) is 5.93. The number of carbonyl (C=O) groups is 2. The molecule has 0 aliphatic carbocycles. The first kappa shape index (κ1) is 31.5. The number of benzene rings is 3. The summed E-state index contributed by atoms with van der Waals surface area (Å²) in [5, 5.41) is 0.797. The lowest BCUT2D eigenvalue weighted by atomic mass is 9.86. The van der Waals surface area contributed by atoms with Crippen LogP contribution in [0.4, 0.5) is 30.7 Å². The van der Waals surface area contributed by atoms with Gasteiger partial charge >= 0.3 is 12.4 Å². The predicted octanol–water partition coefficient (Wildman–Crippen LogP) is 8.34. The van der Waals surface area contributed by atoms with Crippen LogP contribution in [0, 0.1) is 0 Å². The van der Waals surface area contributed by atoms with Crippen molar-refractivity contribution in [1.29, 1.82) is 0 Å². The van der Waals surface area contributed by atoms with Crippen molar-refractivity contribution in [2.24, 2.45) is 5.73 Å². The SMILES string of the molecule is C[C@@H](C(=O)NCC(F)(F)F)c1cc(/C(F)=C/C(c2cc(Cl)c(Cl)c(Cl)c2)C(F)(F)F)c2ccccc2c1C(N)=O. The van der Waals surface area contributed by atoms with Crippen molar-refractivity contribution < 1.29 is 40.3 Å². The Kier molecular flexibility index (Phi) is 9.33. The lowest BCUT2D eigenvalue weighted by Crippen LogP contribution is -2.36. The number of halogens is 10. The van der Waals surface area contributed by atoms with Gasteiger partial charge in [-0.1, -0.05) is 59.1 Å². The van der Waals surface area contributed by atoms with Gasteiger partial charge in [-0.05, 0) is 53.1 Å². The second-order valence-corrected chi connectivity index (χ2v) is 9.88. The van der Waals surface area contributed by atoms with E-state index in [1.54, 1.807) is 5.32 Å². The number of alkyl halides is 6. The molecular formula is C26H18Cl3F7N2O2. The quantitative estimate of drug-likeness (QED) is 0.204. The first-order valence-corrected chi connectivity index (χ1v) is 12.3. The van der Waals surface area contributed by atoms with E-state index >= 15 is 4.39 Å². The van der Waals surface area contributed by atoms with Gasteiger partial charge in [-0.15, -0.1) is 0 Å². The molecule has 0 fully saturated rings. The minimum absolute atomic E-state index is 0.0253. The lowest BCUT2D eigenvalue weighted by molar-refractivity contribution is -0.139. The van der Waals surface area contributed by atoms with Gasteiger partial charge in [0.15, 0.2) is 0 Å². The number of rotatable bonds is 7. The highest BCUT2D eigenvalue weighted by molar-refractivity contribution is 6.48. The maximum Gasteiger partial charge on any atom is 0.405 e. The molecule has 0 saturated carbocycles. The van der Waals surface area contributed by atoms with Crippen LogP contribution < -0.4 is 11.1 Å². The maximum absolute atomic E-state index is 15.8. The van der Waals surface area contributed by atoms with Crippen molar-refractivity contribution in [3.8, 4) is 0 Å². The fraction of sp³-hybridized carbons (Fsp3) is 0.231. The van der Waals surface area contributed by atoms with Crippen molar-refractivity contribution in [1.82, 2.24) is 5.32 Å². The Bertz CT molecular complexity index is 1480. The number of carbonyl (C=O) groups excluding carboxylic acids is 2. The van der Waals surface area contributed by atoms with Crippen molar-refractivity contribution in [3.05, 3.63) is 85.9 Å². The fourth-order valence-electron chi connectivity index (χ4n) is 4.06. The number of primary amides is 1. The number of amides is 2. The summed E-state index contributed by atoms with van der Waals surface area (Å²) in [6.45, 7) is -0.542. The molecule has 0 saturated heterocycles. The van der Waals surface area contributed by atoms with Gasteiger partial charge in [0.1, 0.15) is 18.3 Å². The van der Waals surface area contributed by atoms with E-state index < -0.39 is 59.5 Å². The summed E-state index contributed by atoms with van der Waals surface area (Å²) in [7, 11) is 0. The normalized spacial score (nSPS) is 14.2. The Hall–Kier alpha value is -3.02. The van der Waals surface area contributed by atoms with Crippen molar-refractivity contribution in [3.63, 3.8) is 0 Å². The Labute approximate surface area is 237 Å². The molecule has 0 radical (unpaired) electrons. The maximum atomic E-state index is 15.8. The number of nitrogens with one attached hydrogen (secondary N) is 1. The molecule has 1 unspecified atom stereocenters. The molecule has 3 N–H and O–H groups in total. The Balaban J connectivity index is 2.25. The minimum atomic E-state index is -5.03. The average Bonchev–Trinajstić information content (AvgIpc) is 2.85. The summed E-state index contributed by atoms with van der Waals surface area (Å²) in [5.74, 6) is -7.72. The molecule has 14 heteroatoms. The summed E-state index contributed by atoms with van der Waals surface area (Å²) in [4.78, 5) is 24.9. The van der Waals surface area contributed by atoms with Crippen molar-refractivity contribution >= 4 is 63.2 Å². The second-order valence-electron chi connectivity index (χ2n) is 8.69. The predicted molar refractivity (Wildman–Crippen MR) is 139 cm³/mol. The molecule has 0 bridgehead atoms. The lowest BCUT2D eigenvalue weighted by Gasteiger charge is -2.21. The summed E-state index contributed by atoms with van der Waals surface area (Å²) in [6, 6.07) is 8.14. The first-order valence-electron chi connectivity index (χ1n) is 11.2. The average molecular weight is 630 g/mol. The van der Waals surface area contributed by atoms with Crippen LogP contribution in [-0.4, -0.2) is 30.7 Å². The minimum Gasteiger partial charge on any atom is -0.366 e. The molecule has 0 spiro atoms. The summed E-state index contributed by atoms with van der Waals surface area (Å²) in [6.07, 6.45) is -9.53. The topological polar surface area (TPSA) is 72.2 Å². The molecule has 40 heavy (non-hydrogen) atoms. The van der Waals surface area contributed by atoms with E-state index in [0.717, 1.165) is 25.1 Å². The zero-order valence-corrected chi connectivity index (χ0v) is 22.4.